The van der Waals surface area contributed by atoms with Crippen LogP contribution in [0, 0.1) is 0 Å². The van der Waals surface area contributed by atoms with Gasteiger partial charge in [-0.05, 0) is 49.7 Å². The fourth-order valence-electron chi connectivity index (χ4n) is 3.58. The van der Waals surface area contributed by atoms with Crippen LogP contribution in [0.1, 0.15) is 19.8 Å². The Balaban J connectivity index is 0.00000280. The Hall–Kier alpha value is -1.96. The highest BCUT2D eigenvalue weighted by Crippen LogP contribution is 2.55. The summed E-state index contributed by atoms with van der Waals surface area (Å²) in [5.41, 5.74) is 0. The van der Waals surface area contributed by atoms with E-state index in [1.54, 1.807) is 0 Å². The van der Waals surface area contributed by atoms with Gasteiger partial charge in [0, 0.05) is 6.42 Å². The molecule has 2 nitrogen and oxygen atoms in total. The lowest BCUT2D eigenvalue weighted by Crippen LogP contribution is -3.00. The summed E-state index contributed by atoms with van der Waals surface area (Å²) in [7, 11) is -1.84. The van der Waals surface area contributed by atoms with Crippen molar-refractivity contribution >= 4 is 29.1 Å². The Morgan fingerprint density at radius 3 is 1.50 bits per heavy atom. The molecule has 0 amide bonds. The fraction of sp³-hybridized carbons (Fsp3) is 0.208. The molecule has 0 spiro atoms. The van der Waals surface area contributed by atoms with Gasteiger partial charge < -0.3 is 21.7 Å². The van der Waals surface area contributed by atoms with Crippen LogP contribution in [0.25, 0.3) is 0 Å². The smallest absolute Gasteiger partial charge is 0.305 e. The van der Waals surface area contributed by atoms with Crippen molar-refractivity contribution in [2.45, 2.75) is 19.8 Å². The third-order valence-electron chi connectivity index (χ3n) is 4.77. The van der Waals surface area contributed by atoms with Gasteiger partial charge in [-0.15, -0.1) is 0 Å². The van der Waals surface area contributed by atoms with Gasteiger partial charge in [-0.3, -0.25) is 4.79 Å². The van der Waals surface area contributed by atoms with E-state index < -0.39 is 7.26 Å². The summed E-state index contributed by atoms with van der Waals surface area (Å²) in [6, 6.07) is 32.3. The summed E-state index contributed by atoms with van der Waals surface area (Å²) in [5, 5.41) is 4.06. The van der Waals surface area contributed by atoms with Gasteiger partial charge in [0.05, 0.1) is 12.8 Å². The van der Waals surface area contributed by atoms with Crippen molar-refractivity contribution in [2.75, 3.05) is 12.8 Å². The van der Waals surface area contributed by atoms with Crippen LogP contribution in [-0.2, 0) is 9.53 Å². The monoisotopic (exact) mass is 456 g/mol. The molecule has 0 aliphatic rings. The van der Waals surface area contributed by atoms with Crippen molar-refractivity contribution in [3.05, 3.63) is 91.0 Å². The highest BCUT2D eigenvalue weighted by atomic mass is 79.9. The molecular weight excluding hydrogens is 431 g/mol. The van der Waals surface area contributed by atoms with E-state index in [-0.39, 0.29) is 23.0 Å². The number of esters is 1. The van der Waals surface area contributed by atoms with E-state index >= 15 is 0 Å². The SMILES string of the molecule is CCOC(=O)CCC[P+](c1ccccc1)(c1ccccc1)c1ccccc1.[Br-]. The van der Waals surface area contributed by atoms with E-state index in [0.29, 0.717) is 13.0 Å². The molecule has 0 aliphatic heterocycles. The molecule has 146 valence electrons. The standard InChI is InChI=1S/C24H26O2P.BrH/c1-2-26-24(25)19-12-20-27(21-13-6-3-7-14-21,22-15-8-4-9-16-22)23-17-10-5-11-18-23;/h3-11,13-18H,2,12,19-20H2,1H3;1H/q+1;/p-1. The molecule has 0 aliphatic carbocycles. The van der Waals surface area contributed by atoms with Crippen molar-refractivity contribution < 1.29 is 26.5 Å². The molecule has 0 fully saturated rings. The van der Waals surface area contributed by atoms with Crippen molar-refractivity contribution in [1.29, 1.82) is 0 Å². The van der Waals surface area contributed by atoms with E-state index in [0.717, 1.165) is 12.6 Å². The molecule has 0 aromatic heterocycles. The van der Waals surface area contributed by atoms with Gasteiger partial charge in [0.1, 0.15) is 23.2 Å². The predicted molar refractivity (Wildman–Crippen MR) is 116 cm³/mol. The minimum atomic E-state index is -1.84. The lowest BCUT2D eigenvalue weighted by molar-refractivity contribution is -0.143. The molecule has 0 heterocycles. The fourth-order valence-corrected chi connectivity index (χ4v) is 7.92. The lowest BCUT2D eigenvalue weighted by atomic mass is 10.3. The largest absolute Gasteiger partial charge is 1.00 e. The first-order valence-electron chi connectivity index (χ1n) is 9.48. The zero-order valence-corrected chi connectivity index (χ0v) is 18.6. The van der Waals surface area contributed by atoms with E-state index in [2.05, 4.69) is 91.0 Å². The molecule has 0 saturated heterocycles. The topological polar surface area (TPSA) is 26.3 Å². The molecule has 0 saturated carbocycles. The van der Waals surface area contributed by atoms with Gasteiger partial charge in [0.15, 0.2) is 0 Å². The average molecular weight is 457 g/mol. The normalized spacial score (nSPS) is 10.8. The second-order valence-electron chi connectivity index (χ2n) is 6.45. The second kappa shape index (κ2) is 11.1. The summed E-state index contributed by atoms with van der Waals surface area (Å²) in [6.45, 7) is 2.29. The van der Waals surface area contributed by atoms with Crippen molar-refractivity contribution in [3.8, 4) is 0 Å². The Kier molecular flexibility index (Phi) is 8.89. The van der Waals surface area contributed by atoms with Gasteiger partial charge >= 0.3 is 5.97 Å². The first-order chi connectivity index (χ1) is 13.3. The molecule has 0 bridgehead atoms. The summed E-state index contributed by atoms with van der Waals surface area (Å²) >= 11 is 0. The van der Waals surface area contributed by atoms with E-state index in [1.807, 2.05) is 6.92 Å². The number of halogens is 1. The first kappa shape index (κ1) is 22.3. The number of carbonyl (C=O) groups excluding carboxylic acids is 1. The van der Waals surface area contributed by atoms with Crippen LogP contribution in [0.15, 0.2) is 91.0 Å². The van der Waals surface area contributed by atoms with Crippen LogP contribution < -0.4 is 32.9 Å². The minimum Gasteiger partial charge on any atom is -1.00 e. The third kappa shape index (κ3) is 5.10. The molecule has 28 heavy (non-hydrogen) atoms. The van der Waals surface area contributed by atoms with E-state index in [1.165, 1.54) is 15.9 Å². The lowest BCUT2D eigenvalue weighted by Gasteiger charge is -2.27. The predicted octanol–water partition coefficient (Wildman–Crippen LogP) is 1.33. The second-order valence-corrected chi connectivity index (χ2v) is 10.1. The molecule has 0 radical (unpaired) electrons. The third-order valence-corrected chi connectivity index (χ3v) is 9.30. The molecular formula is C24H26BrO2P. The van der Waals surface area contributed by atoms with Crippen LogP contribution in [-0.4, -0.2) is 18.7 Å². The van der Waals surface area contributed by atoms with Crippen LogP contribution in [0.4, 0.5) is 0 Å². The highest BCUT2D eigenvalue weighted by Gasteiger charge is 2.44. The number of rotatable bonds is 8. The molecule has 3 aromatic rings. The van der Waals surface area contributed by atoms with Crippen molar-refractivity contribution in [2.24, 2.45) is 0 Å². The van der Waals surface area contributed by atoms with Crippen LogP contribution in [0.2, 0.25) is 0 Å². The Labute approximate surface area is 179 Å². The van der Waals surface area contributed by atoms with E-state index in [9.17, 15) is 4.79 Å². The maximum Gasteiger partial charge on any atom is 0.305 e. The summed E-state index contributed by atoms with van der Waals surface area (Å²) in [5.74, 6) is -0.107. The van der Waals surface area contributed by atoms with Gasteiger partial charge in [-0.1, -0.05) is 54.6 Å². The number of carbonyl (C=O) groups is 1. The van der Waals surface area contributed by atoms with E-state index in [4.69, 9.17) is 4.74 Å². The molecule has 3 rings (SSSR count). The number of ether oxygens (including phenoxy) is 1. The first-order valence-corrected chi connectivity index (χ1v) is 11.5. The Bertz CT molecular complexity index is 742. The van der Waals surface area contributed by atoms with Gasteiger partial charge in [0.2, 0.25) is 0 Å². The number of hydrogen-bond donors (Lipinski definition) is 0. The maximum atomic E-state index is 11.9. The maximum absolute atomic E-state index is 11.9. The zero-order chi connectivity index (χ0) is 19.0. The minimum absolute atomic E-state index is 0. The highest BCUT2D eigenvalue weighted by molar-refractivity contribution is 7.95. The Morgan fingerprint density at radius 2 is 1.14 bits per heavy atom. The quantitative estimate of drug-likeness (QED) is 0.377. The molecule has 0 unspecified atom stereocenters. The number of benzene rings is 3. The average Bonchev–Trinajstić information content (AvgIpc) is 2.73. The summed E-state index contributed by atoms with van der Waals surface area (Å²) in [6.07, 6.45) is 2.22. The molecule has 0 atom stereocenters. The zero-order valence-electron chi connectivity index (χ0n) is 16.1. The van der Waals surface area contributed by atoms with Crippen molar-refractivity contribution in [1.82, 2.24) is 0 Å². The van der Waals surface area contributed by atoms with Crippen LogP contribution in [0.3, 0.4) is 0 Å². The molecule has 0 N–H and O–H groups in total. The van der Waals surface area contributed by atoms with Crippen molar-refractivity contribution in [3.63, 3.8) is 0 Å². The number of hydrogen-bond acceptors (Lipinski definition) is 2. The molecule has 4 heteroatoms. The molecule has 3 aromatic carbocycles. The van der Waals surface area contributed by atoms with Crippen LogP contribution >= 0.6 is 7.26 Å². The van der Waals surface area contributed by atoms with Crippen LogP contribution in [0.5, 0.6) is 0 Å². The summed E-state index contributed by atoms with van der Waals surface area (Å²) in [4.78, 5) is 11.9. The van der Waals surface area contributed by atoms with Gasteiger partial charge in [-0.25, -0.2) is 0 Å². The Morgan fingerprint density at radius 1 is 0.750 bits per heavy atom. The van der Waals surface area contributed by atoms with Gasteiger partial charge in [-0.2, -0.15) is 0 Å². The summed E-state index contributed by atoms with van der Waals surface area (Å²) < 4.78 is 5.15. The van der Waals surface area contributed by atoms with Gasteiger partial charge in [0.25, 0.3) is 0 Å².